The third-order valence-electron chi connectivity index (χ3n) is 2.81. The average molecular weight is 291 g/mol. The molecular weight excluding hydrogens is 278 g/mol. The molecule has 1 aromatic heterocycles. The van der Waals surface area contributed by atoms with Crippen molar-refractivity contribution in [1.82, 2.24) is 4.90 Å². The molecule has 0 aliphatic carbocycles. The summed E-state index contributed by atoms with van der Waals surface area (Å²) in [6.07, 6.45) is 0. The molecule has 0 aliphatic rings. The molecule has 104 valence electrons. The van der Waals surface area contributed by atoms with Crippen LogP contribution < -0.4 is 5.73 Å². The molecule has 0 saturated heterocycles. The van der Waals surface area contributed by atoms with Gasteiger partial charge in [-0.25, -0.2) is 0 Å². The lowest BCUT2D eigenvalue weighted by atomic mass is 10.0. The first-order valence-corrected chi connectivity index (χ1v) is 6.63. The Hall–Kier alpha value is -2.41. The molecule has 1 heterocycles. The van der Waals surface area contributed by atoms with Gasteiger partial charge >= 0.3 is 0 Å². The number of nitro benzene ring substituents is 1. The lowest BCUT2D eigenvalue weighted by molar-refractivity contribution is -0.384. The van der Waals surface area contributed by atoms with Gasteiger partial charge in [0.15, 0.2) is 0 Å². The van der Waals surface area contributed by atoms with E-state index in [1.165, 1.54) is 28.4 Å². The Morgan fingerprint density at radius 1 is 1.40 bits per heavy atom. The summed E-state index contributed by atoms with van der Waals surface area (Å²) in [4.78, 5) is 23.9. The van der Waals surface area contributed by atoms with Gasteiger partial charge < -0.3 is 10.6 Å². The summed E-state index contributed by atoms with van der Waals surface area (Å²) in [5, 5.41) is 13.0. The highest BCUT2D eigenvalue weighted by molar-refractivity contribution is 7.15. The standard InChI is InChI=1S/C13H13N3O3S/c1-15(2)13(17)11-10(7-20-12(11)14)8-4-3-5-9(6-8)16(18)19/h3-7H,14H2,1-2H3. The molecule has 20 heavy (non-hydrogen) atoms. The van der Waals surface area contributed by atoms with Crippen molar-refractivity contribution >= 4 is 27.9 Å². The van der Waals surface area contributed by atoms with Crippen LogP contribution >= 0.6 is 11.3 Å². The van der Waals surface area contributed by atoms with E-state index in [4.69, 9.17) is 5.73 Å². The van der Waals surface area contributed by atoms with E-state index in [-0.39, 0.29) is 11.6 Å². The maximum absolute atomic E-state index is 12.2. The zero-order chi connectivity index (χ0) is 14.9. The quantitative estimate of drug-likeness (QED) is 0.695. The van der Waals surface area contributed by atoms with Crippen molar-refractivity contribution in [3.8, 4) is 11.1 Å². The highest BCUT2D eigenvalue weighted by atomic mass is 32.1. The van der Waals surface area contributed by atoms with Crippen LogP contribution in [0.1, 0.15) is 10.4 Å². The highest BCUT2D eigenvalue weighted by Crippen LogP contribution is 2.35. The van der Waals surface area contributed by atoms with Gasteiger partial charge in [-0.15, -0.1) is 11.3 Å². The highest BCUT2D eigenvalue weighted by Gasteiger charge is 2.21. The second kappa shape index (κ2) is 5.30. The van der Waals surface area contributed by atoms with E-state index in [1.54, 1.807) is 31.6 Å². The van der Waals surface area contributed by atoms with Gasteiger partial charge in [-0.1, -0.05) is 12.1 Å². The van der Waals surface area contributed by atoms with Gasteiger partial charge in [0.25, 0.3) is 11.6 Å². The molecule has 0 radical (unpaired) electrons. The van der Waals surface area contributed by atoms with Gasteiger partial charge in [-0.2, -0.15) is 0 Å². The van der Waals surface area contributed by atoms with Gasteiger partial charge in [0.1, 0.15) is 0 Å². The van der Waals surface area contributed by atoms with E-state index in [1.807, 2.05) is 0 Å². The number of nitrogens with two attached hydrogens (primary N) is 1. The number of nitro groups is 1. The Labute approximate surface area is 119 Å². The minimum atomic E-state index is -0.466. The summed E-state index contributed by atoms with van der Waals surface area (Å²) in [5.74, 6) is -0.217. The molecule has 1 amide bonds. The molecular formula is C13H13N3O3S. The maximum atomic E-state index is 12.2. The van der Waals surface area contributed by atoms with Gasteiger partial charge in [0.2, 0.25) is 0 Å². The summed E-state index contributed by atoms with van der Waals surface area (Å²) in [6.45, 7) is 0. The van der Waals surface area contributed by atoms with Crippen LogP contribution in [0.15, 0.2) is 29.6 Å². The monoisotopic (exact) mass is 291 g/mol. The number of anilines is 1. The number of rotatable bonds is 3. The zero-order valence-electron chi connectivity index (χ0n) is 11.0. The topological polar surface area (TPSA) is 89.5 Å². The smallest absolute Gasteiger partial charge is 0.270 e. The normalized spacial score (nSPS) is 10.3. The fourth-order valence-electron chi connectivity index (χ4n) is 1.82. The first kappa shape index (κ1) is 14.0. The van der Waals surface area contributed by atoms with Crippen LogP contribution in [0, 0.1) is 10.1 Å². The molecule has 0 unspecified atom stereocenters. The molecule has 2 aromatic rings. The first-order valence-electron chi connectivity index (χ1n) is 5.75. The maximum Gasteiger partial charge on any atom is 0.270 e. The number of hydrogen-bond donors (Lipinski definition) is 1. The Bertz CT molecular complexity index is 679. The second-order valence-electron chi connectivity index (χ2n) is 4.40. The molecule has 0 fully saturated rings. The molecule has 0 bridgehead atoms. The summed E-state index contributed by atoms with van der Waals surface area (Å²) in [7, 11) is 3.27. The van der Waals surface area contributed by atoms with Crippen molar-refractivity contribution in [3.05, 3.63) is 45.3 Å². The van der Waals surface area contributed by atoms with Crippen LogP contribution in [-0.2, 0) is 0 Å². The Morgan fingerprint density at radius 3 is 2.70 bits per heavy atom. The molecule has 0 aliphatic heterocycles. The van der Waals surface area contributed by atoms with Crippen LogP contribution in [-0.4, -0.2) is 29.8 Å². The fraction of sp³-hybridized carbons (Fsp3) is 0.154. The van der Waals surface area contributed by atoms with Crippen LogP contribution in [0.4, 0.5) is 10.7 Å². The van der Waals surface area contributed by atoms with Crippen LogP contribution in [0.25, 0.3) is 11.1 Å². The second-order valence-corrected chi connectivity index (χ2v) is 5.31. The van der Waals surface area contributed by atoms with Crippen molar-refractivity contribution < 1.29 is 9.72 Å². The Balaban J connectivity index is 2.57. The molecule has 0 atom stereocenters. The van der Waals surface area contributed by atoms with Crippen LogP contribution in [0.2, 0.25) is 0 Å². The van der Waals surface area contributed by atoms with Crippen LogP contribution in [0.3, 0.4) is 0 Å². The van der Waals surface area contributed by atoms with Gasteiger partial charge in [-0.3, -0.25) is 14.9 Å². The van der Waals surface area contributed by atoms with E-state index in [0.717, 1.165) is 0 Å². The Morgan fingerprint density at radius 2 is 2.10 bits per heavy atom. The number of nitrogens with zero attached hydrogens (tertiary/aromatic N) is 2. The number of carbonyl (C=O) groups excluding carboxylic acids is 1. The van der Waals surface area contributed by atoms with E-state index in [9.17, 15) is 14.9 Å². The van der Waals surface area contributed by atoms with Crippen molar-refractivity contribution in [3.63, 3.8) is 0 Å². The van der Waals surface area contributed by atoms with Gasteiger partial charge in [-0.05, 0) is 5.56 Å². The summed E-state index contributed by atoms with van der Waals surface area (Å²) in [5.41, 5.74) is 7.45. The van der Waals surface area contributed by atoms with Gasteiger partial charge in [0.05, 0.1) is 15.5 Å². The molecule has 7 heteroatoms. The summed E-state index contributed by atoms with van der Waals surface area (Å²) in [6, 6.07) is 6.16. The number of hydrogen-bond acceptors (Lipinski definition) is 5. The number of non-ortho nitro benzene ring substituents is 1. The predicted molar refractivity (Wildman–Crippen MR) is 78.8 cm³/mol. The Kier molecular flexibility index (Phi) is 3.71. The molecule has 0 saturated carbocycles. The number of benzene rings is 1. The lowest BCUT2D eigenvalue weighted by Gasteiger charge is -2.12. The van der Waals surface area contributed by atoms with E-state index < -0.39 is 4.92 Å². The molecule has 6 nitrogen and oxygen atoms in total. The minimum Gasteiger partial charge on any atom is -0.390 e. The zero-order valence-corrected chi connectivity index (χ0v) is 11.8. The largest absolute Gasteiger partial charge is 0.390 e. The third-order valence-corrected chi connectivity index (χ3v) is 3.62. The minimum absolute atomic E-state index is 0.0180. The van der Waals surface area contributed by atoms with Crippen molar-refractivity contribution in [2.75, 3.05) is 19.8 Å². The first-order chi connectivity index (χ1) is 9.41. The average Bonchev–Trinajstić information content (AvgIpc) is 2.79. The molecule has 0 spiro atoms. The van der Waals surface area contributed by atoms with Crippen LogP contribution in [0.5, 0.6) is 0 Å². The number of thiophene rings is 1. The van der Waals surface area contributed by atoms with E-state index in [0.29, 0.717) is 21.7 Å². The SMILES string of the molecule is CN(C)C(=O)c1c(-c2cccc([N+](=O)[O-])c2)csc1N. The van der Waals surface area contributed by atoms with Crippen molar-refractivity contribution in [2.24, 2.45) is 0 Å². The number of amides is 1. The molecule has 1 aromatic carbocycles. The predicted octanol–water partition coefficient (Wildman–Crippen LogP) is 2.61. The summed E-state index contributed by atoms with van der Waals surface area (Å²) >= 11 is 1.25. The van der Waals surface area contributed by atoms with Gasteiger partial charge in [0, 0.05) is 37.2 Å². The fourth-order valence-corrected chi connectivity index (χ4v) is 2.63. The lowest BCUT2D eigenvalue weighted by Crippen LogP contribution is -2.22. The third kappa shape index (κ3) is 2.48. The molecule has 2 rings (SSSR count). The summed E-state index contributed by atoms with van der Waals surface area (Å²) < 4.78 is 0. The number of nitrogen functional groups attached to an aromatic ring is 1. The van der Waals surface area contributed by atoms with E-state index in [2.05, 4.69) is 0 Å². The van der Waals surface area contributed by atoms with Crippen molar-refractivity contribution in [1.29, 1.82) is 0 Å². The van der Waals surface area contributed by atoms with Crippen molar-refractivity contribution in [2.45, 2.75) is 0 Å². The van der Waals surface area contributed by atoms with E-state index >= 15 is 0 Å². The molecule has 2 N–H and O–H groups in total. The number of carbonyl (C=O) groups is 1.